The van der Waals surface area contributed by atoms with Gasteiger partial charge in [0.25, 0.3) is 0 Å². The topological polar surface area (TPSA) is 40.6 Å². The number of fused-ring (bicyclic) bond motifs is 1. The van der Waals surface area contributed by atoms with E-state index in [0.717, 1.165) is 18.4 Å². The molecule has 1 aliphatic rings. The van der Waals surface area contributed by atoms with E-state index in [1.54, 1.807) is 16.2 Å². The van der Waals surface area contributed by atoms with Crippen molar-refractivity contribution in [3.05, 3.63) is 57.3 Å². The second-order valence-corrected chi connectivity index (χ2v) is 12.1. The Morgan fingerprint density at radius 3 is 2.39 bits per heavy atom. The molecular weight excluding hydrogens is 428 g/mol. The van der Waals surface area contributed by atoms with Crippen molar-refractivity contribution >= 4 is 23.2 Å². The highest BCUT2D eigenvalue weighted by molar-refractivity contribution is 7.10. The molecule has 0 N–H and O–H groups in total. The maximum absolute atomic E-state index is 13.6. The first kappa shape index (κ1) is 25.5. The average molecular weight is 469 g/mol. The van der Waals surface area contributed by atoms with Crippen molar-refractivity contribution in [2.45, 2.75) is 79.8 Å². The van der Waals surface area contributed by atoms with Crippen LogP contribution in [0.3, 0.4) is 0 Å². The third kappa shape index (κ3) is 6.47. The lowest BCUT2D eigenvalue weighted by molar-refractivity contribution is -0.143. The molecule has 1 aromatic carbocycles. The van der Waals surface area contributed by atoms with E-state index in [9.17, 15) is 9.59 Å². The van der Waals surface area contributed by atoms with Crippen LogP contribution in [-0.2, 0) is 16.0 Å². The number of carbonyl (C=O) groups is 2. The summed E-state index contributed by atoms with van der Waals surface area (Å²) in [5.41, 5.74) is 3.75. The molecule has 4 nitrogen and oxygen atoms in total. The summed E-state index contributed by atoms with van der Waals surface area (Å²) in [4.78, 5) is 32.0. The lowest BCUT2D eigenvalue weighted by atomic mass is 9.84. The maximum atomic E-state index is 13.6. The number of amides is 2. The highest BCUT2D eigenvalue weighted by Gasteiger charge is 2.34. The van der Waals surface area contributed by atoms with E-state index < -0.39 is 0 Å². The van der Waals surface area contributed by atoms with Crippen LogP contribution in [0.5, 0.6) is 0 Å². The summed E-state index contributed by atoms with van der Waals surface area (Å²) >= 11 is 1.77. The number of rotatable bonds is 7. The summed E-state index contributed by atoms with van der Waals surface area (Å²) in [5.74, 6) is 0.399. The Hall–Kier alpha value is -2.14. The van der Waals surface area contributed by atoms with Crippen LogP contribution >= 0.6 is 11.3 Å². The zero-order chi connectivity index (χ0) is 24.3. The molecule has 33 heavy (non-hydrogen) atoms. The van der Waals surface area contributed by atoms with Crippen molar-refractivity contribution in [2.75, 3.05) is 13.1 Å². The second kappa shape index (κ2) is 10.4. The molecule has 0 bridgehead atoms. The monoisotopic (exact) mass is 468 g/mol. The van der Waals surface area contributed by atoms with Crippen molar-refractivity contribution in [3.63, 3.8) is 0 Å². The van der Waals surface area contributed by atoms with Crippen molar-refractivity contribution in [2.24, 2.45) is 11.3 Å². The predicted octanol–water partition coefficient (Wildman–Crippen LogP) is 6.23. The Morgan fingerprint density at radius 2 is 1.79 bits per heavy atom. The minimum Gasteiger partial charge on any atom is -0.331 e. The van der Waals surface area contributed by atoms with Crippen molar-refractivity contribution in [3.8, 4) is 0 Å². The van der Waals surface area contributed by atoms with Gasteiger partial charge in [-0.2, -0.15) is 0 Å². The molecule has 1 aliphatic heterocycles. The van der Waals surface area contributed by atoms with Crippen LogP contribution < -0.4 is 0 Å². The molecule has 0 fully saturated rings. The normalized spacial score (nSPS) is 17.1. The quantitative estimate of drug-likeness (QED) is 0.483. The molecule has 0 aliphatic carbocycles. The van der Waals surface area contributed by atoms with Gasteiger partial charge in [-0.05, 0) is 67.5 Å². The minimum atomic E-state index is -0.0861. The van der Waals surface area contributed by atoms with E-state index in [0.29, 0.717) is 13.0 Å². The van der Waals surface area contributed by atoms with Gasteiger partial charge >= 0.3 is 0 Å². The van der Waals surface area contributed by atoms with Crippen LogP contribution in [0.25, 0.3) is 0 Å². The summed E-state index contributed by atoms with van der Waals surface area (Å²) in [6.07, 6.45) is 2.35. The van der Waals surface area contributed by atoms with Crippen LogP contribution in [0.4, 0.5) is 0 Å². The molecule has 2 atom stereocenters. The molecule has 5 heteroatoms. The van der Waals surface area contributed by atoms with E-state index in [2.05, 4.69) is 70.3 Å². The van der Waals surface area contributed by atoms with Crippen molar-refractivity contribution < 1.29 is 9.59 Å². The number of hydrogen-bond donors (Lipinski definition) is 0. The first-order valence-electron chi connectivity index (χ1n) is 12.2. The number of aryl methyl sites for hydroxylation is 1. The van der Waals surface area contributed by atoms with Gasteiger partial charge < -0.3 is 9.80 Å². The van der Waals surface area contributed by atoms with E-state index >= 15 is 0 Å². The van der Waals surface area contributed by atoms with Gasteiger partial charge in [0.05, 0.1) is 6.04 Å². The first-order chi connectivity index (χ1) is 15.5. The summed E-state index contributed by atoms with van der Waals surface area (Å²) < 4.78 is 0. The van der Waals surface area contributed by atoms with Crippen molar-refractivity contribution in [1.82, 2.24) is 9.80 Å². The molecule has 0 radical (unpaired) electrons. The van der Waals surface area contributed by atoms with Crippen molar-refractivity contribution in [1.29, 1.82) is 0 Å². The molecule has 1 aromatic heterocycles. The Bertz CT molecular complexity index is 955. The summed E-state index contributed by atoms with van der Waals surface area (Å²) in [6, 6.07) is 10.5. The summed E-state index contributed by atoms with van der Waals surface area (Å²) in [7, 11) is 0. The molecule has 2 unspecified atom stereocenters. The molecule has 2 amide bonds. The molecule has 2 aromatic rings. The predicted molar refractivity (Wildman–Crippen MR) is 137 cm³/mol. The number of carbonyl (C=O) groups excluding carboxylic acids is 2. The van der Waals surface area contributed by atoms with E-state index in [1.807, 2.05) is 18.7 Å². The van der Waals surface area contributed by atoms with Crippen LogP contribution in [0.15, 0.2) is 35.7 Å². The van der Waals surface area contributed by atoms with Gasteiger partial charge in [0.2, 0.25) is 11.8 Å². The van der Waals surface area contributed by atoms with Gasteiger partial charge in [0.1, 0.15) is 6.54 Å². The molecule has 0 saturated carbocycles. The second-order valence-electron chi connectivity index (χ2n) is 11.1. The van der Waals surface area contributed by atoms with Gasteiger partial charge in [0, 0.05) is 23.9 Å². The summed E-state index contributed by atoms with van der Waals surface area (Å²) in [5, 5.41) is 2.13. The highest BCUT2D eigenvalue weighted by atomic mass is 32.1. The van der Waals surface area contributed by atoms with E-state index in [-0.39, 0.29) is 41.8 Å². The Kier molecular flexibility index (Phi) is 8.04. The van der Waals surface area contributed by atoms with Crippen LogP contribution in [-0.4, -0.2) is 40.7 Å². The smallest absolute Gasteiger partial charge is 0.243 e. The van der Waals surface area contributed by atoms with Gasteiger partial charge in [0.15, 0.2) is 0 Å². The van der Waals surface area contributed by atoms with Gasteiger partial charge in [-0.25, -0.2) is 0 Å². The molecule has 180 valence electrons. The third-order valence-corrected chi connectivity index (χ3v) is 7.41. The maximum Gasteiger partial charge on any atom is 0.243 e. The lowest BCUT2D eigenvalue weighted by Crippen LogP contribution is -2.48. The zero-order valence-corrected chi connectivity index (χ0v) is 22.2. The first-order valence-corrected chi connectivity index (χ1v) is 13.1. The minimum absolute atomic E-state index is 0.0115. The fraction of sp³-hybridized carbons (Fsp3) is 0.571. The van der Waals surface area contributed by atoms with Crippen LogP contribution in [0.2, 0.25) is 0 Å². The Labute approximate surface area is 204 Å². The summed E-state index contributed by atoms with van der Waals surface area (Å²) in [6.45, 7) is 15.7. The molecule has 0 spiro atoms. The van der Waals surface area contributed by atoms with Gasteiger partial charge in [-0.1, -0.05) is 57.5 Å². The standard InChI is InChI=1S/C28H40N2O2S/c1-19(2)30(25(31)16-21(4)17-28(5,6)7)18-26(32)29-14-12-24-23(13-15-33-24)27(29)22-10-8-20(3)9-11-22/h8-11,13,15,19,21,27H,12,14,16-18H2,1-7H3. The van der Waals surface area contributed by atoms with Gasteiger partial charge in [-0.15, -0.1) is 11.3 Å². The lowest BCUT2D eigenvalue weighted by Gasteiger charge is -2.38. The van der Waals surface area contributed by atoms with Gasteiger partial charge in [-0.3, -0.25) is 9.59 Å². The zero-order valence-electron chi connectivity index (χ0n) is 21.4. The number of benzene rings is 1. The number of hydrogen-bond acceptors (Lipinski definition) is 3. The third-order valence-electron chi connectivity index (χ3n) is 6.41. The molecular formula is C28H40N2O2S. The van der Waals surface area contributed by atoms with Crippen LogP contribution in [0, 0.1) is 18.3 Å². The van der Waals surface area contributed by atoms with E-state index in [4.69, 9.17) is 0 Å². The SMILES string of the molecule is Cc1ccc(C2c3ccsc3CCN2C(=O)CN(C(=O)CC(C)CC(C)(C)C)C(C)C)cc1. The fourth-order valence-corrected chi connectivity index (χ4v) is 5.93. The van der Waals surface area contributed by atoms with Crippen LogP contribution in [0.1, 0.15) is 82.0 Å². The molecule has 0 saturated heterocycles. The Balaban J connectivity index is 1.79. The largest absolute Gasteiger partial charge is 0.331 e. The fourth-order valence-electron chi connectivity index (χ4n) is 5.02. The highest BCUT2D eigenvalue weighted by Crippen LogP contribution is 2.38. The number of nitrogens with zero attached hydrogens (tertiary/aromatic N) is 2. The molecule has 2 heterocycles. The van der Waals surface area contributed by atoms with E-state index in [1.165, 1.54) is 16.0 Å². The number of thiophene rings is 1. The average Bonchev–Trinajstić information content (AvgIpc) is 3.18. The Morgan fingerprint density at radius 1 is 1.12 bits per heavy atom. The molecule has 3 rings (SSSR count).